The van der Waals surface area contributed by atoms with Gasteiger partial charge in [-0.3, -0.25) is 14.3 Å². The van der Waals surface area contributed by atoms with E-state index in [1.807, 2.05) is 66.7 Å². The standard InChI is InChI=1S/C25H23N5O2S/c1-17-22(24(32)30(29(17)2)21-14-7-4-8-15-21)28-23(31)18-10-9-13-20(16-18)27-25(33)26-19-11-5-3-6-12-19/h3-16H,1-2H3,(H,28,31)(H2,26,27,33). The maximum absolute atomic E-state index is 13.1. The number of rotatable bonds is 5. The first kappa shape index (κ1) is 22.0. The molecule has 3 aromatic carbocycles. The van der Waals surface area contributed by atoms with E-state index >= 15 is 0 Å². The van der Waals surface area contributed by atoms with Crippen LogP contribution in [0.15, 0.2) is 89.7 Å². The SMILES string of the molecule is Cc1c(NC(=O)c2cccc(NC(=S)Nc3ccccc3)c2)c(=O)n(-c2ccccc2)n1C. The highest BCUT2D eigenvalue weighted by Gasteiger charge is 2.19. The Balaban J connectivity index is 1.52. The fourth-order valence-corrected chi connectivity index (χ4v) is 3.69. The van der Waals surface area contributed by atoms with Crippen molar-refractivity contribution in [1.29, 1.82) is 0 Å². The zero-order valence-electron chi connectivity index (χ0n) is 18.2. The number of nitrogens with one attached hydrogen (secondary N) is 3. The van der Waals surface area contributed by atoms with Crippen LogP contribution >= 0.6 is 12.2 Å². The Morgan fingerprint density at radius 2 is 1.42 bits per heavy atom. The van der Waals surface area contributed by atoms with Gasteiger partial charge in [0.2, 0.25) is 0 Å². The van der Waals surface area contributed by atoms with Crippen LogP contribution in [0.4, 0.5) is 17.1 Å². The summed E-state index contributed by atoms with van der Waals surface area (Å²) in [7, 11) is 1.78. The molecule has 0 aliphatic carbocycles. The van der Waals surface area contributed by atoms with Crippen molar-refractivity contribution in [2.75, 3.05) is 16.0 Å². The molecule has 0 radical (unpaired) electrons. The number of aromatic nitrogens is 2. The number of thiocarbonyl (C=S) groups is 1. The highest BCUT2D eigenvalue weighted by atomic mass is 32.1. The first-order chi connectivity index (χ1) is 15.9. The number of para-hydroxylation sites is 2. The predicted octanol–water partition coefficient (Wildman–Crippen LogP) is 4.55. The van der Waals surface area contributed by atoms with E-state index in [1.54, 1.807) is 36.9 Å². The summed E-state index contributed by atoms with van der Waals surface area (Å²) in [6.07, 6.45) is 0. The van der Waals surface area contributed by atoms with Gasteiger partial charge in [-0.25, -0.2) is 4.68 Å². The summed E-state index contributed by atoms with van der Waals surface area (Å²) in [6.45, 7) is 1.79. The van der Waals surface area contributed by atoms with Crippen LogP contribution in [0.3, 0.4) is 0 Å². The Morgan fingerprint density at radius 1 is 0.818 bits per heavy atom. The Morgan fingerprint density at radius 3 is 2.12 bits per heavy atom. The van der Waals surface area contributed by atoms with Crippen LogP contribution in [0.1, 0.15) is 16.1 Å². The monoisotopic (exact) mass is 457 g/mol. The fraction of sp³-hybridized carbons (Fsp3) is 0.0800. The fourth-order valence-electron chi connectivity index (χ4n) is 3.45. The molecule has 0 spiro atoms. The second kappa shape index (κ2) is 9.54. The molecule has 166 valence electrons. The number of anilines is 3. The molecule has 0 bridgehead atoms. The Kier molecular flexibility index (Phi) is 6.37. The first-order valence-electron chi connectivity index (χ1n) is 10.3. The second-order valence-corrected chi connectivity index (χ2v) is 7.82. The molecule has 0 fully saturated rings. The topological polar surface area (TPSA) is 80.1 Å². The van der Waals surface area contributed by atoms with Crippen LogP contribution in [0, 0.1) is 6.92 Å². The summed E-state index contributed by atoms with van der Waals surface area (Å²) >= 11 is 5.36. The zero-order valence-corrected chi connectivity index (χ0v) is 19.0. The van der Waals surface area contributed by atoms with E-state index in [0.717, 1.165) is 11.4 Å². The largest absolute Gasteiger partial charge is 0.332 e. The zero-order chi connectivity index (χ0) is 23.4. The van der Waals surface area contributed by atoms with Gasteiger partial charge in [-0.1, -0.05) is 42.5 Å². The van der Waals surface area contributed by atoms with Crippen molar-refractivity contribution in [2.24, 2.45) is 7.05 Å². The summed E-state index contributed by atoms with van der Waals surface area (Å²) in [5, 5.41) is 9.35. The molecule has 0 unspecified atom stereocenters. The van der Waals surface area contributed by atoms with Gasteiger partial charge in [-0.2, -0.15) is 0 Å². The number of nitrogens with zero attached hydrogens (tertiary/aromatic N) is 2. The molecule has 0 aliphatic heterocycles. The van der Waals surface area contributed by atoms with Gasteiger partial charge in [0.25, 0.3) is 11.5 Å². The molecule has 0 atom stereocenters. The molecule has 0 saturated carbocycles. The van der Waals surface area contributed by atoms with Crippen LogP contribution in [-0.2, 0) is 7.05 Å². The number of hydrogen-bond acceptors (Lipinski definition) is 3. The number of carbonyl (C=O) groups excluding carboxylic acids is 1. The maximum atomic E-state index is 13.1. The smallest absolute Gasteiger partial charge is 0.295 e. The third-order valence-corrected chi connectivity index (χ3v) is 5.41. The summed E-state index contributed by atoms with van der Waals surface area (Å²) in [5.41, 5.74) is 3.24. The normalized spacial score (nSPS) is 10.5. The molecule has 4 rings (SSSR count). The summed E-state index contributed by atoms with van der Waals surface area (Å²) in [4.78, 5) is 26.0. The van der Waals surface area contributed by atoms with Gasteiger partial charge >= 0.3 is 0 Å². The van der Waals surface area contributed by atoms with Crippen molar-refractivity contribution in [1.82, 2.24) is 9.36 Å². The molecule has 7 nitrogen and oxygen atoms in total. The van der Waals surface area contributed by atoms with Crippen LogP contribution in [-0.4, -0.2) is 20.4 Å². The first-order valence-corrected chi connectivity index (χ1v) is 10.7. The van der Waals surface area contributed by atoms with Crippen LogP contribution in [0.2, 0.25) is 0 Å². The van der Waals surface area contributed by atoms with Crippen molar-refractivity contribution in [3.63, 3.8) is 0 Å². The van der Waals surface area contributed by atoms with E-state index in [4.69, 9.17) is 12.2 Å². The minimum atomic E-state index is -0.383. The third kappa shape index (κ3) is 4.86. The van der Waals surface area contributed by atoms with Gasteiger partial charge in [-0.15, -0.1) is 0 Å². The maximum Gasteiger partial charge on any atom is 0.295 e. The number of hydrogen-bond donors (Lipinski definition) is 3. The molecule has 1 aromatic heterocycles. The highest BCUT2D eigenvalue weighted by molar-refractivity contribution is 7.80. The lowest BCUT2D eigenvalue weighted by Crippen LogP contribution is -2.23. The average molecular weight is 458 g/mol. The van der Waals surface area contributed by atoms with E-state index in [-0.39, 0.29) is 17.2 Å². The molecule has 0 saturated heterocycles. The highest BCUT2D eigenvalue weighted by Crippen LogP contribution is 2.17. The minimum Gasteiger partial charge on any atom is -0.332 e. The van der Waals surface area contributed by atoms with Crippen molar-refractivity contribution in [2.45, 2.75) is 6.92 Å². The van der Waals surface area contributed by atoms with Crippen LogP contribution in [0.5, 0.6) is 0 Å². The second-order valence-electron chi connectivity index (χ2n) is 7.42. The van der Waals surface area contributed by atoms with Crippen molar-refractivity contribution >= 4 is 40.3 Å². The van der Waals surface area contributed by atoms with E-state index in [2.05, 4.69) is 16.0 Å². The molecule has 4 aromatic rings. The molecule has 33 heavy (non-hydrogen) atoms. The lowest BCUT2D eigenvalue weighted by Gasteiger charge is -2.11. The van der Waals surface area contributed by atoms with Gasteiger partial charge in [0, 0.05) is 24.0 Å². The van der Waals surface area contributed by atoms with E-state index in [1.165, 1.54) is 4.68 Å². The molecule has 8 heteroatoms. The van der Waals surface area contributed by atoms with E-state index in [0.29, 0.717) is 22.1 Å². The summed E-state index contributed by atoms with van der Waals surface area (Å²) < 4.78 is 3.25. The lowest BCUT2D eigenvalue weighted by atomic mass is 10.2. The van der Waals surface area contributed by atoms with Crippen molar-refractivity contribution in [3.8, 4) is 5.69 Å². The average Bonchev–Trinajstić information content (AvgIpc) is 3.03. The summed E-state index contributed by atoms with van der Waals surface area (Å²) in [5.74, 6) is -0.383. The van der Waals surface area contributed by atoms with Crippen LogP contribution < -0.4 is 21.5 Å². The molecule has 3 N–H and O–H groups in total. The van der Waals surface area contributed by atoms with Gasteiger partial charge < -0.3 is 16.0 Å². The molecule has 0 aliphatic rings. The summed E-state index contributed by atoms with van der Waals surface area (Å²) in [6, 6.07) is 25.8. The lowest BCUT2D eigenvalue weighted by molar-refractivity contribution is 0.102. The number of amides is 1. The van der Waals surface area contributed by atoms with Gasteiger partial charge in [0.05, 0.1) is 11.4 Å². The minimum absolute atomic E-state index is 0.242. The molecule has 1 heterocycles. The molecular weight excluding hydrogens is 434 g/mol. The Hall–Kier alpha value is -4.17. The molecule has 1 amide bonds. The van der Waals surface area contributed by atoms with E-state index in [9.17, 15) is 9.59 Å². The van der Waals surface area contributed by atoms with Gasteiger partial charge in [0.15, 0.2) is 5.11 Å². The Labute approximate surface area is 196 Å². The van der Waals surface area contributed by atoms with Crippen molar-refractivity contribution in [3.05, 3.63) is 107 Å². The van der Waals surface area contributed by atoms with E-state index < -0.39 is 0 Å². The third-order valence-electron chi connectivity index (χ3n) is 5.21. The Bertz CT molecular complexity index is 1360. The van der Waals surface area contributed by atoms with Gasteiger partial charge in [0.1, 0.15) is 5.69 Å². The van der Waals surface area contributed by atoms with Crippen LogP contribution in [0.25, 0.3) is 5.69 Å². The number of carbonyl (C=O) groups is 1. The predicted molar refractivity (Wildman–Crippen MR) is 136 cm³/mol. The number of benzene rings is 3. The molecular formula is C25H23N5O2S. The van der Waals surface area contributed by atoms with Crippen molar-refractivity contribution < 1.29 is 4.79 Å². The van der Waals surface area contributed by atoms with Gasteiger partial charge in [-0.05, 0) is 61.6 Å². The quantitative estimate of drug-likeness (QED) is 0.383.